The van der Waals surface area contributed by atoms with Gasteiger partial charge in [-0.05, 0) is 49.3 Å². The van der Waals surface area contributed by atoms with Crippen LogP contribution in [-0.2, 0) is 17.8 Å². The summed E-state index contributed by atoms with van der Waals surface area (Å²) in [5, 5.41) is 3.56. The summed E-state index contributed by atoms with van der Waals surface area (Å²) in [4.78, 5) is 31.8. The molecule has 3 aromatic rings. The maximum absolute atomic E-state index is 12.6. The molecule has 7 heteroatoms. The van der Waals surface area contributed by atoms with Gasteiger partial charge >= 0.3 is 0 Å². The van der Waals surface area contributed by atoms with E-state index in [1.54, 1.807) is 16.8 Å². The van der Waals surface area contributed by atoms with Crippen molar-refractivity contribution in [2.45, 2.75) is 38.6 Å². The first kappa shape index (κ1) is 19.9. The largest absolute Gasteiger partial charge is 0.356 e. The van der Waals surface area contributed by atoms with Crippen molar-refractivity contribution in [2.75, 3.05) is 6.54 Å². The number of nitrogens with one attached hydrogen (secondary N) is 2. The summed E-state index contributed by atoms with van der Waals surface area (Å²) >= 11 is 5.31. The summed E-state index contributed by atoms with van der Waals surface area (Å²) in [6, 6.07) is 13.1. The van der Waals surface area contributed by atoms with Gasteiger partial charge in [0.25, 0.3) is 5.56 Å². The third kappa shape index (κ3) is 5.36. The number of nitrogens with zero attached hydrogens (tertiary/aromatic N) is 2. The molecule has 0 fully saturated rings. The number of rotatable bonds is 9. The Hall–Kier alpha value is -2.80. The molecule has 1 aromatic carbocycles. The van der Waals surface area contributed by atoms with Gasteiger partial charge in [0.05, 0.1) is 10.9 Å². The average Bonchev–Trinajstić information content (AvgIpc) is 2.71. The number of unbranched alkanes of at least 4 members (excludes halogenated alkanes) is 2. The molecule has 0 radical (unpaired) electrons. The second-order valence-electron chi connectivity index (χ2n) is 6.66. The van der Waals surface area contributed by atoms with Gasteiger partial charge in [-0.25, -0.2) is 0 Å². The summed E-state index contributed by atoms with van der Waals surface area (Å²) in [7, 11) is 0. The highest BCUT2D eigenvalue weighted by atomic mass is 32.1. The van der Waals surface area contributed by atoms with Crippen LogP contribution in [-0.4, -0.2) is 27.0 Å². The van der Waals surface area contributed by atoms with Crippen LogP contribution < -0.4 is 10.9 Å². The highest BCUT2D eigenvalue weighted by Crippen LogP contribution is 2.07. The molecule has 28 heavy (non-hydrogen) atoms. The average molecular weight is 397 g/mol. The number of aromatic amines is 1. The van der Waals surface area contributed by atoms with Gasteiger partial charge in [0.2, 0.25) is 5.91 Å². The van der Waals surface area contributed by atoms with Gasteiger partial charge in [-0.3, -0.25) is 19.1 Å². The Balaban J connectivity index is 1.39. The van der Waals surface area contributed by atoms with Crippen LogP contribution in [0.1, 0.15) is 31.4 Å². The van der Waals surface area contributed by atoms with Crippen molar-refractivity contribution in [2.24, 2.45) is 0 Å². The second-order valence-corrected chi connectivity index (χ2v) is 7.05. The van der Waals surface area contributed by atoms with E-state index in [4.69, 9.17) is 12.2 Å². The molecule has 0 spiro atoms. The van der Waals surface area contributed by atoms with Crippen LogP contribution in [0.5, 0.6) is 0 Å². The lowest BCUT2D eigenvalue weighted by Gasteiger charge is -2.08. The smallest absolute Gasteiger partial charge is 0.262 e. The number of fused-ring (bicyclic) bond motifs is 1. The minimum Gasteiger partial charge on any atom is -0.356 e. The lowest BCUT2D eigenvalue weighted by atomic mass is 10.2. The maximum Gasteiger partial charge on any atom is 0.262 e. The zero-order valence-electron chi connectivity index (χ0n) is 15.7. The van der Waals surface area contributed by atoms with Crippen molar-refractivity contribution in [3.05, 3.63) is 69.5 Å². The van der Waals surface area contributed by atoms with E-state index in [0.717, 1.165) is 36.9 Å². The monoisotopic (exact) mass is 396 g/mol. The number of aromatic nitrogens is 3. The summed E-state index contributed by atoms with van der Waals surface area (Å²) in [6.07, 6.45) is 5.42. The number of amides is 1. The van der Waals surface area contributed by atoms with E-state index in [1.165, 1.54) is 0 Å². The molecule has 0 atom stereocenters. The van der Waals surface area contributed by atoms with E-state index in [1.807, 2.05) is 36.4 Å². The minimum absolute atomic E-state index is 0.0519. The topological polar surface area (TPSA) is 79.8 Å². The Morgan fingerprint density at radius 1 is 1.11 bits per heavy atom. The highest BCUT2D eigenvalue weighted by Gasteiger charge is 2.06. The maximum atomic E-state index is 12.6. The van der Waals surface area contributed by atoms with E-state index < -0.39 is 0 Å². The fraction of sp³-hybridized carbons (Fsp3) is 0.333. The fourth-order valence-corrected chi connectivity index (χ4v) is 3.38. The normalized spacial score (nSPS) is 10.9. The van der Waals surface area contributed by atoms with E-state index in [9.17, 15) is 9.59 Å². The molecule has 2 heterocycles. The number of carbonyl (C=O) groups excluding carboxylic acids is 1. The number of H-pyrrole nitrogens is 1. The van der Waals surface area contributed by atoms with Crippen LogP contribution >= 0.6 is 12.2 Å². The van der Waals surface area contributed by atoms with E-state index >= 15 is 0 Å². The van der Waals surface area contributed by atoms with Gasteiger partial charge in [-0.15, -0.1) is 0 Å². The number of hydrogen-bond acceptors (Lipinski definition) is 4. The van der Waals surface area contributed by atoms with Crippen molar-refractivity contribution in [1.29, 1.82) is 0 Å². The number of hydrogen-bond donors (Lipinski definition) is 2. The molecule has 2 aromatic heterocycles. The number of pyridine rings is 1. The third-order valence-corrected chi connectivity index (χ3v) is 4.93. The molecule has 0 bridgehead atoms. The Morgan fingerprint density at radius 2 is 1.93 bits per heavy atom. The zero-order valence-corrected chi connectivity index (χ0v) is 16.5. The molecular formula is C21H24N4O2S. The van der Waals surface area contributed by atoms with E-state index in [0.29, 0.717) is 29.7 Å². The standard InChI is InChI=1S/C21H24N4O2S/c26-19(23-14-12-16-8-5-6-13-22-16)11-2-1-7-15-25-20(27)17-9-3-4-10-18(17)24-21(25)28/h3-6,8-10,13H,1-2,7,11-12,14-15H2,(H,23,26)(H,24,28). The number of para-hydroxylation sites is 1. The van der Waals surface area contributed by atoms with Crippen molar-refractivity contribution in [3.63, 3.8) is 0 Å². The Bertz CT molecular complexity index is 1040. The SMILES string of the molecule is O=C(CCCCCn1c(=S)[nH]c2ccccc2c1=O)NCCc1ccccn1. The second kappa shape index (κ2) is 9.94. The Labute approximate surface area is 168 Å². The molecule has 0 saturated heterocycles. The van der Waals surface area contributed by atoms with E-state index in [2.05, 4.69) is 15.3 Å². The number of carbonyl (C=O) groups is 1. The molecule has 0 aliphatic heterocycles. The number of benzene rings is 1. The van der Waals surface area contributed by atoms with Gasteiger partial charge in [-0.2, -0.15) is 0 Å². The molecule has 146 valence electrons. The zero-order chi connectivity index (χ0) is 19.8. The highest BCUT2D eigenvalue weighted by molar-refractivity contribution is 7.71. The van der Waals surface area contributed by atoms with Crippen LogP contribution in [0.3, 0.4) is 0 Å². The lowest BCUT2D eigenvalue weighted by molar-refractivity contribution is -0.121. The quantitative estimate of drug-likeness (QED) is 0.429. The van der Waals surface area contributed by atoms with Crippen molar-refractivity contribution < 1.29 is 4.79 Å². The van der Waals surface area contributed by atoms with E-state index in [-0.39, 0.29) is 11.5 Å². The molecular weight excluding hydrogens is 372 g/mol. The predicted molar refractivity (Wildman–Crippen MR) is 113 cm³/mol. The van der Waals surface area contributed by atoms with Crippen molar-refractivity contribution in [1.82, 2.24) is 19.9 Å². The first-order valence-electron chi connectivity index (χ1n) is 9.53. The van der Waals surface area contributed by atoms with Crippen molar-refractivity contribution >= 4 is 29.0 Å². The minimum atomic E-state index is -0.0633. The summed E-state index contributed by atoms with van der Waals surface area (Å²) in [5.41, 5.74) is 1.67. The molecule has 0 aliphatic rings. The molecule has 1 amide bonds. The van der Waals surface area contributed by atoms with Crippen LogP contribution in [0.4, 0.5) is 0 Å². The molecule has 0 aliphatic carbocycles. The van der Waals surface area contributed by atoms with Gasteiger partial charge in [-0.1, -0.05) is 24.6 Å². The molecule has 3 rings (SSSR count). The van der Waals surface area contributed by atoms with Crippen LogP contribution in [0.2, 0.25) is 0 Å². The molecule has 2 N–H and O–H groups in total. The summed E-state index contributed by atoms with van der Waals surface area (Å²) in [5.74, 6) is 0.0519. The third-order valence-electron chi connectivity index (χ3n) is 4.60. The van der Waals surface area contributed by atoms with Crippen LogP contribution in [0.25, 0.3) is 10.9 Å². The predicted octanol–water partition coefficient (Wildman–Crippen LogP) is 3.37. The molecule has 0 saturated carbocycles. The van der Waals surface area contributed by atoms with Gasteiger partial charge in [0.1, 0.15) is 0 Å². The first-order chi connectivity index (χ1) is 13.6. The van der Waals surface area contributed by atoms with Gasteiger partial charge in [0, 0.05) is 37.8 Å². The van der Waals surface area contributed by atoms with Crippen LogP contribution in [0, 0.1) is 4.77 Å². The molecule has 6 nitrogen and oxygen atoms in total. The lowest BCUT2D eigenvalue weighted by Crippen LogP contribution is -2.25. The summed E-state index contributed by atoms with van der Waals surface area (Å²) in [6.45, 7) is 1.15. The first-order valence-corrected chi connectivity index (χ1v) is 9.94. The van der Waals surface area contributed by atoms with Crippen molar-refractivity contribution in [3.8, 4) is 0 Å². The Morgan fingerprint density at radius 3 is 2.75 bits per heavy atom. The molecule has 0 unspecified atom stereocenters. The van der Waals surface area contributed by atoms with Gasteiger partial charge < -0.3 is 10.3 Å². The van der Waals surface area contributed by atoms with Gasteiger partial charge in [0.15, 0.2) is 4.77 Å². The van der Waals surface area contributed by atoms with Crippen LogP contribution in [0.15, 0.2) is 53.5 Å². The fourth-order valence-electron chi connectivity index (χ4n) is 3.10. The summed E-state index contributed by atoms with van der Waals surface area (Å²) < 4.78 is 2.04. The Kier molecular flexibility index (Phi) is 7.08.